The molecular formula is C13H22N4. The van der Waals surface area contributed by atoms with Gasteiger partial charge in [-0.25, -0.2) is 4.98 Å². The van der Waals surface area contributed by atoms with Crippen LogP contribution in [-0.4, -0.2) is 28.7 Å². The van der Waals surface area contributed by atoms with Crippen molar-refractivity contribution in [2.45, 2.75) is 50.6 Å². The van der Waals surface area contributed by atoms with Crippen LogP contribution >= 0.6 is 0 Å². The number of nitrogens with zero attached hydrogens (tertiary/aromatic N) is 3. The Morgan fingerprint density at radius 1 is 1.24 bits per heavy atom. The SMILES string of the molecule is NCC1CCCN1c1nccn1C1CCCC1. The summed E-state index contributed by atoms with van der Waals surface area (Å²) in [6.45, 7) is 1.86. The van der Waals surface area contributed by atoms with Crippen LogP contribution in [0.4, 0.5) is 5.95 Å². The molecule has 0 spiro atoms. The van der Waals surface area contributed by atoms with Crippen LogP contribution in [0.3, 0.4) is 0 Å². The second-order valence-electron chi connectivity index (χ2n) is 5.30. The Morgan fingerprint density at radius 2 is 2.06 bits per heavy atom. The maximum Gasteiger partial charge on any atom is 0.205 e. The molecule has 1 aliphatic heterocycles. The zero-order valence-corrected chi connectivity index (χ0v) is 10.4. The first-order valence-corrected chi connectivity index (χ1v) is 6.89. The van der Waals surface area contributed by atoms with Crippen LogP contribution in [0.25, 0.3) is 0 Å². The van der Waals surface area contributed by atoms with Crippen LogP contribution in [0.15, 0.2) is 12.4 Å². The summed E-state index contributed by atoms with van der Waals surface area (Å²) in [4.78, 5) is 6.99. The summed E-state index contributed by atoms with van der Waals surface area (Å²) in [6.07, 6.45) is 11.9. The largest absolute Gasteiger partial charge is 0.338 e. The van der Waals surface area contributed by atoms with E-state index in [1.165, 1.54) is 38.5 Å². The van der Waals surface area contributed by atoms with Gasteiger partial charge in [-0.15, -0.1) is 0 Å². The van der Waals surface area contributed by atoms with E-state index < -0.39 is 0 Å². The first-order chi connectivity index (χ1) is 8.40. The molecule has 1 aromatic rings. The van der Waals surface area contributed by atoms with Crippen LogP contribution in [0.5, 0.6) is 0 Å². The van der Waals surface area contributed by atoms with E-state index in [-0.39, 0.29) is 0 Å². The van der Waals surface area contributed by atoms with E-state index in [1.807, 2.05) is 6.20 Å². The van der Waals surface area contributed by atoms with Gasteiger partial charge in [0.25, 0.3) is 0 Å². The third kappa shape index (κ3) is 1.95. The number of anilines is 1. The molecule has 1 aliphatic carbocycles. The summed E-state index contributed by atoms with van der Waals surface area (Å²) in [7, 11) is 0. The molecule has 0 bridgehead atoms. The molecule has 4 nitrogen and oxygen atoms in total. The Kier molecular flexibility index (Phi) is 3.05. The summed E-state index contributed by atoms with van der Waals surface area (Å²) < 4.78 is 2.39. The third-order valence-corrected chi connectivity index (χ3v) is 4.27. The molecule has 17 heavy (non-hydrogen) atoms. The smallest absolute Gasteiger partial charge is 0.205 e. The summed E-state index contributed by atoms with van der Waals surface area (Å²) >= 11 is 0. The number of rotatable bonds is 3. The number of nitrogens with two attached hydrogens (primary N) is 1. The Bertz CT molecular complexity index is 367. The predicted molar refractivity (Wildman–Crippen MR) is 69.2 cm³/mol. The molecule has 94 valence electrons. The van der Waals surface area contributed by atoms with Crippen molar-refractivity contribution in [1.29, 1.82) is 0 Å². The van der Waals surface area contributed by atoms with Gasteiger partial charge in [0, 0.05) is 37.6 Å². The van der Waals surface area contributed by atoms with Gasteiger partial charge < -0.3 is 15.2 Å². The van der Waals surface area contributed by atoms with Gasteiger partial charge in [0.1, 0.15) is 0 Å². The second kappa shape index (κ2) is 4.69. The fraction of sp³-hybridized carbons (Fsp3) is 0.769. The normalized spacial score (nSPS) is 25.9. The molecule has 2 heterocycles. The molecule has 1 saturated heterocycles. The van der Waals surface area contributed by atoms with Crippen molar-refractivity contribution in [1.82, 2.24) is 9.55 Å². The summed E-state index contributed by atoms with van der Waals surface area (Å²) in [5, 5.41) is 0. The monoisotopic (exact) mass is 234 g/mol. The van der Waals surface area contributed by atoms with Crippen LogP contribution in [0.1, 0.15) is 44.6 Å². The highest BCUT2D eigenvalue weighted by Gasteiger charge is 2.28. The Balaban J connectivity index is 1.84. The fourth-order valence-corrected chi connectivity index (χ4v) is 3.34. The minimum Gasteiger partial charge on any atom is -0.338 e. The first kappa shape index (κ1) is 11.1. The van der Waals surface area contributed by atoms with Gasteiger partial charge in [-0.3, -0.25) is 0 Å². The van der Waals surface area contributed by atoms with Crippen molar-refractivity contribution in [3.8, 4) is 0 Å². The van der Waals surface area contributed by atoms with Gasteiger partial charge in [-0.05, 0) is 25.7 Å². The Morgan fingerprint density at radius 3 is 2.82 bits per heavy atom. The lowest BCUT2D eigenvalue weighted by Gasteiger charge is -2.27. The maximum atomic E-state index is 5.86. The molecule has 0 amide bonds. The predicted octanol–water partition coefficient (Wildman–Crippen LogP) is 1.93. The molecule has 4 heteroatoms. The van der Waals surface area contributed by atoms with Gasteiger partial charge in [-0.2, -0.15) is 0 Å². The number of hydrogen-bond donors (Lipinski definition) is 1. The Labute approximate surface area is 103 Å². The van der Waals surface area contributed by atoms with E-state index in [0.717, 1.165) is 19.0 Å². The molecule has 0 aromatic carbocycles. The van der Waals surface area contributed by atoms with Gasteiger partial charge in [0.15, 0.2) is 0 Å². The molecule has 0 radical (unpaired) electrons. The van der Waals surface area contributed by atoms with E-state index in [0.29, 0.717) is 12.1 Å². The average Bonchev–Trinajstić information content (AvgIpc) is 3.09. The molecule has 1 atom stereocenters. The summed E-state index contributed by atoms with van der Waals surface area (Å²) in [6, 6.07) is 1.17. The highest BCUT2D eigenvalue weighted by atomic mass is 15.3. The van der Waals surface area contributed by atoms with E-state index in [1.54, 1.807) is 0 Å². The van der Waals surface area contributed by atoms with Crippen LogP contribution in [0.2, 0.25) is 0 Å². The highest BCUT2D eigenvalue weighted by molar-refractivity contribution is 5.35. The van der Waals surface area contributed by atoms with Gasteiger partial charge in [0.2, 0.25) is 5.95 Å². The van der Waals surface area contributed by atoms with Crippen molar-refractivity contribution in [2.75, 3.05) is 18.0 Å². The lowest BCUT2D eigenvalue weighted by Crippen LogP contribution is -2.37. The van der Waals surface area contributed by atoms with Crippen LogP contribution in [-0.2, 0) is 0 Å². The average molecular weight is 234 g/mol. The zero-order valence-electron chi connectivity index (χ0n) is 10.4. The number of hydrogen-bond acceptors (Lipinski definition) is 3. The molecule has 2 N–H and O–H groups in total. The first-order valence-electron chi connectivity index (χ1n) is 6.89. The second-order valence-corrected chi connectivity index (χ2v) is 5.30. The summed E-state index contributed by atoms with van der Waals surface area (Å²) in [5.74, 6) is 1.16. The molecular weight excluding hydrogens is 212 g/mol. The fourth-order valence-electron chi connectivity index (χ4n) is 3.34. The maximum absolute atomic E-state index is 5.86. The zero-order chi connectivity index (χ0) is 11.7. The quantitative estimate of drug-likeness (QED) is 0.869. The lowest BCUT2D eigenvalue weighted by atomic mass is 10.2. The van der Waals surface area contributed by atoms with E-state index >= 15 is 0 Å². The molecule has 2 aliphatic rings. The molecule has 1 unspecified atom stereocenters. The van der Waals surface area contributed by atoms with E-state index in [4.69, 9.17) is 5.73 Å². The molecule has 2 fully saturated rings. The van der Waals surface area contributed by atoms with Crippen molar-refractivity contribution in [2.24, 2.45) is 5.73 Å². The standard InChI is InChI=1S/C13H22N4/c14-10-12-6-3-8-16(12)13-15-7-9-17(13)11-4-1-2-5-11/h7,9,11-12H,1-6,8,10,14H2. The van der Waals surface area contributed by atoms with Gasteiger partial charge in [-0.1, -0.05) is 12.8 Å². The number of aromatic nitrogens is 2. The van der Waals surface area contributed by atoms with Gasteiger partial charge in [0.05, 0.1) is 0 Å². The van der Waals surface area contributed by atoms with Crippen LogP contribution < -0.4 is 10.6 Å². The lowest BCUT2D eigenvalue weighted by molar-refractivity contribution is 0.508. The third-order valence-electron chi connectivity index (χ3n) is 4.27. The van der Waals surface area contributed by atoms with Crippen molar-refractivity contribution >= 4 is 5.95 Å². The topological polar surface area (TPSA) is 47.1 Å². The summed E-state index contributed by atoms with van der Waals surface area (Å²) in [5.41, 5.74) is 5.86. The van der Waals surface area contributed by atoms with E-state index in [9.17, 15) is 0 Å². The van der Waals surface area contributed by atoms with Crippen molar-refractivity contribution in [3.05, 3.63) is 12.4 Å². The molecule has 1 saturated carbocycles. The van der Waals surface area contributed by atoms with Gasteiger partial charge >= 0.3 is 0 Å². The minimum absolute atomic E-state index is 0.498. The minimum atomic E-state index is 0.498. The molecule has 1 aromatic heterocycles. The van der Waals surface area contributed by atoms with Crippen LogP contribution in [0, 0.1) is 0 Å². The molecule has 3 rings (SSSR count). The van der Waals surface area contributed by atoms with Crippen molar-refractivity contribution < 1.29 is 0 Å². The van der Waals surface area contributed by atoms with Crippen molar-refractivity contribution in [3.63, 3.8) is 0 Å². The highest BCUT2D eigenvalue weighted by Crippen LogP contribution is 2.34. The van der Waals surface area contributed by atoms with E-state index in [2.05, 4.69) is 20.6 Å². The Hall–Kier alpha value is -1.03. The number of imidazole rings is 1.